The topological polar surface area (TPSA) is 56.5 Å². The lowest BCUT2D eigenvalue weighted by Crippen LogP contribution is -2.05. The summed E-state index contributed by atoms with van der Waals surface area (Å²) in [5, 5.41) is 12.4. The van der Waals surface area contributed by atoms with Crippen LogP contribution in [0.3, 0.4) is 0 Å². The minimum Gasteiger partial charge on any atom is -0.259 e. The Bertz CT molecular complexity index is 663. The smallest absolute Gasteiger partial charge is 0.204 e. The van der Waals surface area contributed by atoms with Gasteiger partial charge in [-0.05, 0) is 41.6 Å². The highest BCUT2D eigenvalue weighted by Crippen LogP contribution is 2.17. The number of nitrogens with zero attached hydrogens (tertiary/aromatic N) is 5. The van der Waals surface area contributed by atoms with E-state index in [1.54, 1.807) is 11.0 Å². The van der Waals surface area contributed by atoms with Crippen LogP contribution >= 0.6 is 15.9 Å². The van der Waals surface area contributed by atoms with E-state index in [0.717, 1.165) is 15.7 Å². The second kappa shape index (κ2) is 5.27. The first-order chi connectivity index (χ1) is 9.31. The summed E-state index contributed by atoms with van der Waals surface area (Å²) in [5.41, 5.74) is 1.85. The molecule has 0 fully saturated rings. The molecule has 2 heterocycles. The summed E-state index contributed by atoms with van der Waals surface area (Å²) in [6.07, 6.45) is 1.75. The second-order valence-corrected chi connectivity index (χ2v) is 4.89. The van der Waals surface area contributed by atoms with Gasteiger partial charge in [0, 0.05) is 16.2 Å². The third kappa shape index (κ3) is 2.85. The molecular formula is C13H10BrN5. The lowest BCUT2D eigenvalue weighted by molar-refractivity contribution is 0.564. The van der Waals surface area contributed by atoms with Gasteiger partial charge in [0.15, 0.2) is 0 Å². The zero-order valence-corrected chi connectivity index (χ0v) is 11.5. The van der Waals surface area contributed by atoms with Gasteiger partial charge in [0.1, 0.15) is 6.54 Å². The molecule has 0 atom stereocenters. The molecule has 2 aromatic heterocycles. The van der Waals surface area contributed by atoms with Crippen LogP contribution < -0.4 is 0 Å². The van der Waals surface area contributed by atoms with Crippen molar-refractivity contribution in [3.8, 4) is 11.4 Å². The number of benzene rings is 1. The van der Waals surface area contributed by atoms with Crippen molar-refractivity contribution in [2.45, 2.75) is 6.54 Å². The molecule has 0 radical (unpaired) electrons. The van der Waals surface area contributed by atoms with Gasteiger partial charge in [0.2, 0.25) is 5.82 Å². The monoisotopic (exact) mass is 315 g/mol. The highest BCUT2D eigenvalue weighted by molar-refractivity contribution is 9.10. The number of tetrazole rings is 1. The summed E-state index contributed by atoms with van der Waals surface area (Å²) in [5.74, 6) is 0.614. The largest absolute Gasteiger partial charge is 0.259 e. The molecule has 0 unspecified atom stereocenters. The van der Waals surface area contributed by atoms with Gasteiger partial charge in [-0.2, -0.15) is 4.80 Å². The number of halogens is 1. The van der Waals surface area contributed by atoms with E-state index >= 15 is 0 Å². The van der Waals surface area contributed by atoms with Gasteiger partial charge in [0.25, 0.3) is 0 Å². The summed E-state index contributed by atoms with van der Waals surface area (Å²) in [7, 11) is 0. The number of aromatic nitrogens is 5. The molecule has 6 heteroatoms. The van der Waals surface area contributed by atoms with E-state index in [0.29, 0.717) is 12.4 Å². The van der Waals surface area contributed by atoms with Crippen LogP contribution in [0.1, 0.15) is 5.69 Å². The first-order valence-corrected chi connectivity index (χ1v) is 6.54. The minimum absolute atomic E-state index is 0.518. The van der Waals surface area contributed by atoms with Crippen molar-refractivity contribution in [1.82, 2.24) is 25.2 Å². The Morgan fingerprint density at radius 1 is 1.05 bits per heavy atom. The zero-order valence-electron chi connectivity index (χ0n) is 9.94. The predicted octanol–water partition coefficient (Wildman–Crippen LogP) is 2.55. The lowest BCUT2D eigenvalue weighted by atomic mass is 10.2. The fourth-order valence-electron chi connectivity index (χ4n) is 1.66. The third-order valence-electron chi connectivity index (χ3n) is 2.58. The van der Waals surface area contributed by atoms with Crippen molar-refractivity contribution in [2.24, 2.45) is 0 Å². The number of hydrogen-bond donors (Lipinski definition) is 0. The first-order valence-electron chi connectivity index (χ1n) is 5.75. The average Bonchev–Trinajstić information content (AvgIpc) is 2.89. The Balaban J connectivity index is 1.82. The van der Waals surface area contributed by atoms with Crippen molar-refractivity contribution in [3.05, 3.63) is 58.8 Å². The highest BCUT2D eigenvalue weighted by atomic mass is 79.9. The van der Waals surface area contributed by atoms with Crippen LogP contribution in [0.5, 0.6) is 0 Å². The maximum absolute atomic E-state index is 4.34. The maximum Gasteiger partial charge on any atom is 0.204 e. The zero-order chi connectivity index (χ0) is 13.1. The molecule has 1 aromatic carbocycles. The molecule has 0 spiro atoms. The van der Waals surface area contributed by atoms with E-state index in [9.17, 15) is 0 Å². The van der Waals surface area contributed by atoms with Gasteiger partial charge < -0.3 is 0 Å². The number of rotatable bonds is 3. The highest BCUT2D eigenvalue weighted by Gasteiger charge is 2.06. The molecule has 0 bridgehead atoms. The van der Waals surface area contributed by atoms with Crippen LogP contribution in [0.15, 0.2) is 53.1 Å². The third-order valence-corrected chi connectivity index (χ3v) is 3.11. The van der Waals surface area contributed by atoms with Gasteiger partial charge in [-0.3, -0.25) is 4.98 Å². The fourth-order valence-corrected chi connectivity index (χ4v) is 1.93. The van der Waals surface area contributed by atoms with Gasteiger partial charge in [-0.25, -0.2) is 0 Å². The molecule has 0 saturated carbocycles. The van der Waals surface area contributed by atoms with Crippen LogP contribution in [0.2, 0.25) is 0 Å². The molecule has 3 aromatic rings. The molecular weight excluding hydrogens is 306 g/mol. The normalized spacial score (nSPS) is 10.6. The standard InChI is InChI=1S/C13H10BrN5/c14-11-6-4-10(5-7-11)13-16-18-19(17-13)9-12-3-1-2-8-15-12/h1-8H,9H2. The summed E-state index contributed by atoms with van der Waals surface area (Å²) in [4.78, 5) is 5.77. The van der Waals surface area contributed by atoms with Gasteiger partial charge in [-0.1, -0.05) is 22.0 Å². The summed E-state index contributed by atoms with van der Waals surface area (Å²) < 4.78 is 1.03. The molecule has 0 aliphatic carbocycles. The molecule has 5 nitrogen and oxygen atoms in total. The Labute approximate surface area is 118 Å². The van der Waals surface area contributed by atoms with Gasteiger partial charge in [-0.15, -0.1) is 10.2 Å². The SMILES string of the molecule is Brc1ccc(-c2nnn(Cc3ccccn3)n2)cc1. The quantitative estimate of drug-likeness (QED) is 0.745. The number of hydrogen-bond acceptors (Lipinski definition) is 4. The molecule has 3 rings (SSSR count). The van der Waals surface area contributed by atoms with E-state index in [-0.39, 0.29) is 0 Å². The van der Waals surface area contributed by atoms with Crippen LogP contribution in [0.25, 0.3) is 11.4 Å². The van der Waals surface area contributed by atoms with Crippen molar-refractivity contribution in [3.63, 3.8) is 0 Å². The molecule has 0 aliphatic heterocycles. The molecule has 19 heavy (non-hydrogen) atoms. The minimum atomic E-state index is 0.518. The van der Waals surface area contributed by atoms with E-state index in [4.69, 9.17) is 0 Å². The number of pyridine rings is 1. The lowest BCUT2D eigenvalue weighted by Gasteiger charge is -1.97. The Morgan fingerprint density at radius 3 is 2.63 bits per heavy atom. The molecule has 0 amide bonds. The van der Waals surface area contributed by atoms with Crippen molar-refractivity contribution < 1.29 is 0 Å². The Morgan fingerprint density at radius 2 is 1.89 bits per heavy atom. The Kier molecular flexibility index (Phi) is 3.33. The predicted molar refractivity (Wildman–Crippen MR) is 74.3 cm³/mol. The Hall–Kier alpha value is -2.08. The van der Waals surface area contributed by atoms with E-state index in [1.807, 2.05) is 42.5 Å². The molecule has 0 aliphatic rings. The summed E-state index contributed by atoms with van der Waals surface area (Å²) >= 11 is 3.40. The van der Waals surface area contributed by atoms with Crippen LogP contribution in [0, 0.1) is 0 Å². The molecule has 94 valence electrons. The summed E-state index contributed by atoms with van der Waals surface area (Å²) in [6, 6.07) is 13.6. The first kappa shape index (κ1) is 12.0. The summed E-state index contributed by atoms with van der Waals surface area (Å²) in [6.45, 7) is 0.518. The van der Waals surface area contributed by atoms with Crippen LogP contribution in [-0.4, -0.2) is 25.2 Å². The van der Waals surface area contributed by atoms with Crippen molar-refractivity contribution >= 4 is 15.9 Å². The van der Waals surface area contributed by atoms with Gasteiger partial charge >= 0.3 is 0 Å². The van der Waals surface area contributed by atoms with Crippen LogP contribution in [-0.2, 0) is 6.54 Å². The van der Waals surface area contributed by atoms with Crippen LogP contribution in [0.4, 0.5) is 0 Å². The maximum atomic E-state index is 4.34. The van der Waals surface area contributed by atoms with Gasteiger partial charge in [0.05, 0.1) is 5.69 Å². The van der Waals surface area contributed by atoms with E-state index in [1.165, 1.54) is 0 Å². The average molecular weight is 316 g/mol. The second-order valence-electron chi connectivity index (χ2n) is 3.97. The fraction of sp³-hybridized carbons (Fsp3) is 0.0769. The van der Waals surface area contributed by atoms with Crippen molar-refractivity contribution in [1.29, 1.82) is 0 Å². The van der Waals surface area contributed by atoms with Crippen molar-refractivity contribution in [2.75, 3.05) is 0 Å². The molecule has 0 saturated heterocycles. The van der Waals surface area contributed by atoms with E-state index < -0.39 is 0 Å². The van der Waals surface area contributed by atoms with E-state index in [2.05, 4.69) is 36.3 Å². The molecule has 0 N–H and O–H groups in total.